The summed E-state index contributed by atoms with van der Waals surface area (Å²) in [5.41, 5.74) is 0.364. The van der Waals surface area contributed by atoms with Gasteiger partial charge in [0.25, 0.3) is 10.0 Å². The van der Waals surface area contributed by atoms with E-state index in [-0.39, 0.29) is 23.0 Å². The van der Waals surface area contributed by atoms with Gasteiger partial charge >= 0.3 is 0 Å². The first-order valence-corrected chi connectivity index (χ1v) is 14.7. The topological polar surface area (TPSA) is 96.0 Å². The van der Waals surface area contributed by atoms with Crippen molar-refractivity contribution in [3.8, 4) is 5.75 Å². The van der Waals surface area contributed by atoms with Gasteiger partial charge in [-0.05, 0) is 87.9 Å². The molecule has 1 atom stereocenters. The molecule has 0 fully saturated rings. The van der Waals surface area contributed by atoms with Gasteiger partial charge in [-0.25, -0.2) is 8.42 Å². The first-order valence-electron chi connectivity index (χ1n) is 12.5. The van der Waals surface area contributed by atoms with Crippen molar-refractivity contribution in [2.24, 2.45) is 0 Å². The zero-order valence-corrected chi connectivity index (χ0v) is 25.3. The number of carbonyl (C=O) groups is 2. The van der Waals surface area contributed by atoms with E-state index in [2.05, 4.69) is 5.32 Å². The van der Waals surface area contributed by atoms with E-state index < -0.39 is 34.1 Å². The Hall–Kier alpha value is -3.27. The molecule has 0 saturated carbocycles. The minimum Gasteiger partial charge on any atom is -0.497 e. The number of nitrogens with zero attached hydrogens (tertiary/aromatic N) is 2. The Morgan fingerprint density at radius 2 is 1.60 bits per heavy atom. The molecular formula is C29H33Cl2N3O5S. The molecule has 11 heteroatoms. The second-order valence-corrected chi connectivity index (χ2v) is 13.0. The number of carbonyl (C=O) groups excluding carboxylic acids is 2. The van der Waals surface area contributed by atoms with E-state index in [1.54, 1.807) is 49.4 Å². The van der Waals surface area contributed by atoms with Gasteiger partial charge in [-0.3, -0.25) is 13.9 Å². The predicted octanol–water partition coefficient (Wildman–Crippen LogP) is 5.53. The van der Waals surface area contributed by atoms with Gasteiger partial charge in [-0.1, -0.05) is 41.4 Å². The molecule has 1 N–H and O–H groups in total. The average Bonchev–Trinajstić information content (AvgIpc) is 2.89. The molecule has 40 heavy (non-hydrogen) atoms. The summed E-state index contributed by atoms with van der Waals surface area (Å²) in [5, 5.41) is 3.56. The minimum absolute atomic E-state index is 0.0408. The molecule has 0 spiro atoms. The molecule has 214 valence electrons. The van der Waals surface area contributed by atoms with Crippen LogP contribution in [0.4, 0.5) is 5.69 Å². The third-order valence-electron chi connectivity index (χ3n) is 5.93. The van der Waals surface area contributed by atoms with Crippen LogP contribution in [0.15, 0.2) is 77.7 Å². The molecule has 0 unspecified atom stereocenters. The molecule has 0 aromatic heterocycles. The number of ether oxygens (including phenoxy) is 1. The summed E-state index contributed by atoms with van der Waals surface area (Å²) in [5.74, 6) is -0.377. The van der Waals surface area contributed by atoms with Gasteiger partial charge in [0.15, 0.2) is 0 Å². The van der Waals surface area contributed by atoms with Crippen LogP contribution in [-0.4, -0.2) is 50.4 Å². The molecule has 3 aromatic rings. The lowest BCUT2D eigenvalue weighted by atomic mass is 10.1. The molecule has 0 saturated heterocycles. The van der Waals surface area contributed by atoms with Crippen LogP contribution >= 0.6 is 23.2 Å². The van der Waals surface area contributed by atoms with Crippen molar-refractivity contribution in [3.63, 3.8) is 0 Å². The number of hydrogen-bond acceptors (Lipinski definition) is 5. The summed E-state index contributed by atoms with van der Waals surface area (Å²) in [4.78, 5) is 28.4. The molecule has 0 aliphatic heterocycles. The second kappa shape index (κ2) is 12.9. The van der Waals surface area contributed by atoms with Crippen molar-refractivity contribution in [3.05, 3.63) is 88.4 Å². The number of nitrogens with one attached hydrogen (secondary N) is 1. The van der Waals surface area contributed by atoms with E-state index in [1.165, 1.54) is 42.3 Å². The van der Waals surface area contributed by atoms with E-state index in [4.69, 9.17) is 27.9 Å². The average molecular weight is 607 g/mol. The normalized spacial score (nSPS) is 12.4. The van der Waals surface area contributed by atoms with Crippen molar-refractivity contribution < 1.29 is 22.7 Å². The fourth-order valence-corrected chi connectivity index (χ4v) is 5.63. The summed E-state index contributed by atoms with van der Waals surface area (Å²) in [7, 11) is -2.69. The van der Waals surface area contributed by atoms with Gasteiger partial charge < -0.3 is 15.0 Å². The largest absolute Gasteiger partial charge is 0.497 e. The number of halogens is 2. The van der Waals surface area contributed by atoms with E-state index in [0.29, 0.717) is 21.4 Å². The van der Waals surface area contributed by atoms with E-state index in [1.807, 2.05) is 20.8 Å². The molecular weight excluding hydrogens is 573 g/mol. The fourth-order valence-electron chi connectivity index (χ4n) is 3.92. The molecule has 2 amide bonds. The lowest BCUT2D eigenvalue weighted by molar-refractivity contribution is -0.140. The van der Waals surface area contributed by atoms with Crippen LogP contribution < -0.4 is 14.4 Å². The maximum atomic E-state index is 14.0. The van der Waals surface area contributed by atoms with Gasteiger partial charge in [0, 0.05) is 22.1 Å². The van der Waals surface area contributed by atoms with Gasteiger partial charge in [0.05, 0.1) is 17.7 Å². The highest BCUT2D eigenvalue weighted by atomic mass is 35.5. The lowest BCUT2D eigenvalue weighted by Gasteiger charge is -2.33. The van der Waals surface area contributed by atoms with Crippen LogP contribution in [0.25, 0.3) is 0 Å². The Kier molecular flexibility index (Phi) is 10.1. The van der Waals surface area contributed by atoms with E-state index >= 15 is 0 Å². The van der Waals surface area contributed by atoms with Crippen molar-refractivity contribution in [1.82, 2.24) is 10.2 Å². The Morgan fingerprint density at radius 3 is 2.20 bits per heavy atom. The molecule has 0 bridgehead atoms. The van der Waals surface area contributed by atoms with Crippen LogP contribution in [-0.2, 0) is 26.2 Å². The Labute approximate surface area is 245 Å². The van der Waals surface area contributed by atoms with E-state index in [0.717, 1.165) is 4.31 Å². The molecule has 3 rings (SSSR count). The monoisotopic (exact) mass is 605 g/mol. The van der Waals surface area contributed by atoms with Crippen molar-refractivity contribution in [2.45, 2.75) is 50.7 Å². The van der Waals surface area contributed by atoms with Crippen LogP contribution in [0.2, 0.25) is 10.0 Å². The van der Waals surface area contributed by atoms with Crippen molar-refractivity contribution in [2.75, 3.05) is 18.0 Å². The smallest absolute Gasteiger partial charge is 0.264 e. The second-order valence-electron chi connectivity index (χ2n) is 10.2. The fraction of sp³-hybridized carbons (Fsp3) is 0.310. The minimum atomic E-state index is -4.23. The summed E-state index contributed by atoms with van der Waals surface area (Å²) >= 11 is 12.2. The first kappa shape index (κ1) is 31.3. The SMILES string of the molecule is COc1cccc(CN(C(=O)CN(c2cccc(Cl)c2)S(=O)(=O)c2ccc(Cl)cc2)[C@H](C)C(=O)NC(C)(C)C)c1. The third-order valence-corrected chi connectivity index (χ3v) is 8.20. The Balaban J connectivity index is 2.05. The zero-order valence-electron chi connectivity index (χ0n) is 23.0. The third kappa shape index (κ3) is 8.13. The maximum Gasteiger partial charge on any atom is 0.264 e. The number of amides is 2. The maximum absolute atomic E-state index is 14.0. The highest BCUT2D eigenvalue weighted by Crippen LogP contribution is 2.28. The molecule has 8 nitrogen and oxygen atoms in total. The summed E-state index contributed by atoms with van der Waals surface area (Å²) in [6, 6.07) is 18.1. The molecule has 0 heterocycles. The Morgan fingerprint density at radius 1 is 0.950 bits per heavy atom. The number of hydrogen-bond donors (Lipinski definition) is 1. The van der Waals surface area contributed by atoms with Crippen LogP contribution in [0.1, 0.15) is 33.3 Å². The predicted molar refractivity (Wildman–Crippen MR) is 158 cm³/mol. The number of sulfonamides is 1. The summed E-state index contributed by atoms with van der Waals surface area (Å²) < 4.78 is 33.9. The Bertz CT molecular complexity index is 1460. The van der Waals surface area contributed by atoms with E-state index in [9.17, 15) is 18.0 Å². The van der Waals surface area contributed by atoms with Crippen molar-refractivity contribution in [1.29, 1.82) is 0 Å². The quantitative estimate of drug-likeness (QED) is 0.328. The summed E-state index contributed by atoms with van der Waals surface area (Å²) in [6.07, 6.45) is 0. The lowest BCUT2D eigenvalue weighted by Crippen LogP contribution is -2.54. The summed E-state index contributed by atoms with van der Waals surface area (Å²) in [6.45, 7) is 6.58. The van der Waals surface area contributed by atoms with Crippen molar-refractivity contribution >= 4 is 50.7 Å². The van der Waals surface area contributed by atoms with Gasteiger partial charge in [0.2, 0.25) is 11.8 Å². The number of rotatable bonds is 10. The molecule has 0 radical (unpaired) electrons. The van der Waals surface area contributed by atoms with Crippen LogP contribution in [0.3, 0.4) is 0 Å². The number of benzene rings is 3. The van der Waals surface area contributed by atoms with Crippen LogP contribution in [0, 0.1) is 0 Å². The van der Waals surface area contributed by atoms with Crippen LogP contribution in [0.5, 0.6) is 5.75 Å². The molecule has 3 aromatic carbocycles. The van der Waals surface area contributed by atoms with Gasteiger partial charge in [0.1, 0.15) is 18.3 Å². The first-order chi connectivity index (χ1) is 18.7. The highest BCUT2D eigenvalue weighted by molar-refractivity contribution is 7.92. The molecule has 0 aliphatic carbocycles. The number of anilines is 1. The molecule has 0 aliphatic rings. The standard InChI is InChI=1S/C29H33Cl2N3O5S/c1-20(28(36)32-29(2,3)4)33(18-21-8-6-11-25(16-21)39-5)27(35)19-34(24-10-7-9-23(31)17-24)40(37,38)26-14-12-22(30)13-15-26/h6-17,20H,18-19H2,1-5H3,(H,32,36)/t20-/m1/s1. The van der Waals surface area contributed by atoms with Gasteiger partial charge in [-0.2, -0.15) is 0 Å². The zero-order chi connectivity index (χ0) is 29.7. The number of methoxy groups -OCH3 is 1. The van der Waals surface area contributed by atoms with Gasteiger partial charge in [-0.15, -0.1) is 0 Å². The highest BCUT2D eigenvalue weighted by Gasteiger charge is 2.33.